The summed E-state index contributed by atoms with van der Waals surface area (Å²) in [7, 11) is 0. The van der Waals surface area contributed by atoms with Crippen LogP contribution in [0.4, 0.5) is 5.69 Å². The number of hydrogen-bond acceptors (Lipinski definition) is 3. The molecule has 100 valence electrons. The van der Waals surface area contributed by atoms with Crippen molar-refractivity contribution in [3.8, 4) is 0 Å². The van der Waals surface area contributed by atoms with Crippen LogP contribution in [-0.4, -0.2) is 18.9 Å². The summed E-state index contributed by atoms with van der Waals surface area (Å²) in [4.78, 5) is 12.7. The van der Waals surface area contributed by atoms with E-state index in [2.05, 4.69) is 23.6 Å². The van der Waals surface area contributed by atoms with E-state index in [-0.39, 0.29) is 5.60 Å². The molecule has 0 saturated heterocycles. The van der Waals surface area contributed by atoms with Gasteiger partial charge in [-0.25, -0.2) is 9.78 Å². The first-order chi connectivity index (χ1) is 8.53. The molecule has 3 nitrogen and oxygen atoms in total. The molecule has 0 heterocycles. The molecule has 0 aromatic heterocycles. The molecule has 0 unspecified atom stereocenters. The van der Waals surface area contributed by atoms with Crippen molar-refractivity contribution < 1.29 is 9.78 Å². The summed E-state index contributed by atoms with van der Waals surface area (Å²) < 4.78 is 0. The van der Waals surface area contributed by atoms with Crippen molar-refractivity contribution in [1.29, 1.82) is 0 Å². The zero-order valence-corrected chi connectivity index (χ0v) is 11.6. The van der Waals surface area contributed by atoms with Crippen LogP contribution in [0.3, 0.4) is 0 Å². The second-order valence-corrected chi connectivity index (χ2v) is 5.12. The fourth-order valence-corrected chi connectivity index (χ4v) is 1.42. The Hall–Kier alpha value is -1.32. The van der Waals surface area contributed by atoms with Gasteiger partial charge in [-0.1, -0.05) is 24.3 Å². The van der Waals surface area contributed by atoms with Crippen molar-refractivity contribution >= 4 is 5.69 Å². The molecule has 0 spiro atoms. The number of nitrogens with zero attached hydrogens (tertiary/aromatic N) is 1. The molecule has 0 aliphatic heterocycles. The molecule has 18 heavy (non-hydrogen) atoms. The van der Waals surface area contributed by atoms with E-state index < -0.39 is 0 Å². The van der Waals surface area contributed by atoms with Gasteiger partial charge in [-0.15, -0.1) is 6.58 Å². The lowest BCUT2D eigenvalue weighted by atomic mass is 10.2. The molecule has 0 aliphatic rings. The van der Waals surface area contributed by atoms with E-state index in [1.54, 1.807) is 0 Å². The average Bonchev–Trinajstić information content (AvgIpc) is 2.33. The Balaban J connectivity index is 2.54. The first-order valence-electron chi connectivity index (χ1n) is 6.24. The molecule has 1 aromatic carbocycles. The molecule has 0 atom stereocenters. The van der Waals surface area contributed by atoms with Crippen molar-refractivity contribution in [2.45, 2.75) is 32.8 Å². The van der Waals surface area contributed by atoms with Crippen LogP contribution in [-0.2, 0) is 9.78 Å². The van der Waals surface area contributed by atoms with Crippen LogP contribution in [0, 0.1) is 0 Å². The minimum atomic E-state index is -0.291. The summed E-state index contributed by atoms with van der Waals surface area (Å²) in [6.07, 6.45) is 2.81. The van der Waals surface area contributed by atoms with Gasteiger partial charge in [0.2, 0.25) is 0 Å². The Morgan fingerprint density at radius 2 is 1.89 bits per heavy atom. The highest BCUT2D eigenvalue weighted by atomic mass is 17.2. The summed E-state index contributed by atoms with van der Waals surface area (Å²) in [5.41, 5.74) is 0.831. The number of anilines is 1. The van der Waals surface area contributed by atoms with Crippen LogP contribution >= 0.6 is 0 Å². The van der Waals surface area contributed by atoms with E-state index in [0.29, 0.717) is 6.73 Å². The Bertz CT molecular complexity index is 343. The highest BCUT2D eigenvalue weighted by molar-refractivity contribution is 5.45. The predicted octanol–water partition coefficient (Wildman–Crippen LogP) is 3.77. The quantitative estimate of drug-likeness (QED) is 0.318. The Labute approximate surface area is 110 Å². The lowest BCUT2D eigenvalue weighted by molar-refractivity contribution is -0.347. The predicted molar refractivity (Wildman–Crippen MR) is 75.4 cm³/mol. The van der Waals surface area contributed by atoms with Crippen molar-refractivity contribution in [2.75, 3.05) is 18.2 Å². The van der Waals surface area contributed by atoms with Gasteiger partial charge in [-0.2, -0.15) is 0 Å². The van der Waals surface area contributed by atoms with E-state index in [1.165, 1.54) is 0 Å². The summed E-state index contributed by atoms with van der Waals surface area (Å²) in [6, 6.07) is 10.1. The van der Waals surface area contributed by atoms with Gasteiger partial charge in [0.05, 0.1) is 5.60 Å². The van der Waals surface area contributed by atoms with Crippen molar-refractivity contribution in [3.05, 3.63) is 43.0 Å². The Kier molecular flexibility index (Phi) is 5.89. The fraction of sp³-hybridized carbons (Fsp3) is 0.467. The molecule has 0 aliphatic carbocycles. The maximum Gasteiger partial charge on any atom is 0.154 e. The lowest BCUT2D eigenvalue weighted by Crippen LogP contribution is -2.30. The van der Waals surface area contributed by atoms with Gasteiger partial charge in [0.25, 0.3) is 0 Å². The van der Waals surface area contributed by atoms with Crippen LogP contribution in [0.2, 0.25) is 0 Å². The summed E-state index contributed by atoms with van der Waals surface area (Å²) in [5, 5.41) is 0. The number of rotatable bonds is 7. The van der Waals surface area contributed by atoms with Gasteiger partial charge in [0, 0.05) is 12.2 Å². The monoisotopic (exact) mass is 249 g/mol. The first-order valence-corrected chi connectivity index (χ1v) is 6.24. The minimum absolute atomic E-state index is 0.291. The van der Waals surface area contributed by atoms with Crippen molar-refractivity contribution in [2.24, 2.45) is 0 Å². The number of benzene rings is 1. The molecule has 0 saturated carbocycles. The molecule has 3 heteroatoms. The van der Waals surface area contributed by atoms with E-state index in [0.717, 1.165) is 18.7 Å². The first kappa shape index (κ1) is 14.7. The van der Waals surface area contributed by atoms with Gasteiger partial charge in [-0.05, 0) is 39.3 Å². The molecule has 0 N–H and O–H groups in total. The van der Waals surface area contributed by atoms with E-state index in [9.17, 15) is 0 Å². The molecule has 0 amide bonds. The SMILES string of the molecule is C=CCCN(COOC(C)(C)C)c1ccccc1. The topological polar surface area (TPSA) is 21.7 Å². The third-order valence-corrected chi connectivity index (χ3v) is 2.24. The Morgan fingerprint density at radius 3 is 2.44 bits per heavy atom. The maximum atomic E-state index is 5.30. The second-order valence-electron chi connectivity index (χ2n) is 5.12. The zero-order valence-electron chi connectivity index (χ0n) is 11.6. The summed E-state index contributed by atoms with van der Waals surface area (Å²) in [6.45, 7) is 10.9. The standard InChI is InChI=1S/C15H23NO2/c1-5-6-12-16(13-17-18-15(2,3)4)14-10-8-7-9-11-14/h5,7-11H,1,6,12-13H2,2-4H3. The fourth-order valence-electron chi connectivity index (χ4n) is 1.42. The van der Waals surface area contributed by atoms with E-state index in [4.69, 9.17) is 9.78 Å². The highest BCUT2D eigenvalue weighted by Crippen LogP contribution is 2.15. The molecule has 1 rings (SSSR count). The zero-order chi connectivity index (χ0) is 13.4. The summed E-state index contributed by atoms with van der Waals surface area (Å²) in [5.74, 6) is 0. The van der Waals surface area contributed by atoms with E-state index >= 15 is 0 Å². The van der Waals surface area contributed by atoms with E-state index in [1.807, 2.05) is 45.0 Å². The highest BCUT2D eigenvalue weighted by Gasteiger charge is 2.13. The van der Waals surface area contributed by atoms with Crippen molar-refractivity contribution in [3.63, 3.8) is 0 Å². The lowest BCUT2D eigenvalue weighted by Gasteiger charge is -2.25. The Morgan fingerprint density at radius 1 is 1.22 bits per heavy atom. The second kappa shape index (κ2) is 7.19. The van der Waals surface area contributed by atoms with Crippen LogP contribution in [0.1, 0.15) is 27.2 Å². The largest absolute Gasteiger partial charge is 0.346 e. The normalized spacial score (nSPS) is 11.3. The molecular formula is C15H23NO2. The van der Waals surface area contributed by atoms with Crippen LogP contribution in [0.5, 0.6) is 0 Å². The van der Waals surface area contributed by atoms with Gasteiger partial charge in [0.15, 0.2) is 6.73 Å². The molecule has 0 bridgehead atoms. The third kappa shape index (κ3) is 5.84. The molecule has 1 aromatic rings. The minimum Gasteiger partial charge on any atom is -0.346 e. The van der Waals surface area contributed by atoms with Crippen LogP contribution in [0.25, 0.3) is 0 Å². The maximum absolute atomic E-state index is 5.30. The van der Waals surface area contributed by atoms with Gasteiger partial charge in [0.1, 0.15) is 0 Å². The molecular weight excluding hydrogens is 226 g/mol. The van der Waals surface area contributed by atoms with Gasteiger partial charge >= 0.3 is 0 Å². The smallest absolute Gasteiger partial charge is 0.154 e. The van der Waals surface area contributed by atoms with Crippen molar-refractivity contribution in [1.82, 2.24) is 0 Å². The van der Waals surface area contributed by atoms with Gasteiger partial charge in [-0.3, -0.25) is 0 Å². The van der Waals surface area contributed by atoms with Crippen LogP contribution in [0.15, 0.2) is 43.0 Å². The average molecular weight is 249 g/mol. The summed E-state index contributed by atoms with van der Waals surface area (Å²) >= 11 is 0. The molecule has 0 radical (unpaired) electrons. The van der Waals surface area contributed by atoms with Crippen LogP contribution < -0.4 is 4.90 Å². The molecule has 0 fully saturated rings. The number of para-hydroxylation sites is 1. The third-order valence-electron chi connectivity index (χ3n) is 2.24. The van der Waals surface area contributed by atoms with Gasteiger partial charge < -0.3 is 4.90 Å². The number of hydrogen-bond donors (Lipinski definition) is 0.